The molecule has 1 amide bonds. The van der Waals surface area contributed by atoms with E-state index >= 15 is 0 Å². The van der Waals surface area contributed by atoms with E-state index in [2.05, 4.69) is 10.2 Å². The Balaban J connectivity index is 1.84. The summed E-state index contributed by atoms with van der Waals surface area (Å²) in [7, 11) is 0. The summed E-state index contributed by atoms with van der Waals surface area (Å²) < 4.78 is 13.5. The summed E-state index contributed by atoms with van der Waals surface area (Å²) in [5.41, 5.74) is 6.26. The number of hydrogen-bond acceptors (Lipinski definition) is 3. The van der Waals surface area contributed by atoms with Crippen LogP contribution in [0.4, 0.5) is 10.1 Å². The number of carbonyl (C=O) groups is 1. The Morgan fingerprint density at radius 3 is 2.95 bits per heavy atom. The van der Waals surface area contributed by atoms with Crippen molar-refractivity contribution in [3.8, 4) is 0 Å². The summed E-state index contributed by atoms with van der Waals surface area (Å²) in [6.07, 6.45) is 3.80. The highest BCUT2D eigenvalue weighted by Gasteiger charge is 2.25. The smallest absolute Gasteiger partial charge is 0.225 e. The molecule has 2 unspecified atom stereocenters. The number of piperidine rings is 1. The molecule has 0 spiro atoms. The van der Waals surface area contributed by atoms with Gasteiger partial charge in [0.15, 0.2) is 0 Å². The van der Waals surface area contributed by atoms with E-state index in [1.165, 1.54) is 12.5 Å². The lowest BCUT2D eigenvalue weighted by molar-refractivity contribution is -0.116. The highest BCUT2D eigenvalue weighted by atomic mass is 19.1. The van der Waals surface area contributed by atoms with Crippen LogP contribution in [0.2, 0.25) is 0 Å². The maximum absolute atomic E-state index is 13.5. The molecule has 3 N–H and O–H groups in total. The van der Waals surface area contributed by atoms with Crippen LogP contribution in [0.15, 0.2) is 24.3 Å². The van der Waals surface area contributed by atoms with E-state index < -0.39 is 5.82 Å². The van der Waals surface area contributed by atoms with Crippen LogP contribution in [0.25, 0.3) is 0 Å². The summed E-state index contributed by atoms with van der Waals surface area (Å²) in [5.74, 6) is -0.564. The van der Waals surface area contributed by atoms with Crippen LogP contribution >= 0.6 is 0 Å². The molecule has 0 saturated carbocycles. The maximum Gasteiger partial charge on any atom is 0.225 e. The lowest BCUT2D eigenvalue weighted by atomic mass is 9.97. The van der Waals surface area contributed by atoms with E-state index in [4.69, 9.17) is 5.73 Å². The molecular weight excluding hydrogens is 269 g/mol. The zero-order valence-electron chi connectivity index (χ0n) is 12.5. The first-order chi connectivity index (χ1) is 10.1. The SMILES string of the molecule is CC(N)C1CCCCN1CCC(=O)Nc1ccccc1F. The third-order valence-electron chi connectivity index (χ3n) is 4.05. The molecule has 5 heteroatoms. The van der Waals surface area contributed by atoms with Gasteiger partial charge in [-0.1, -0.05) is 18.6 Å². The summed E-state index contributed by atoms with van der Waals surface area (Å²) >= 11 is 0. The number of hydrogen-bond donors (Lipinski definition) is 2. The van der Waals surface area contributed by atoms with Gasteiger partial charge in [-0.3, -0.25) is 9.69 Å². The minimum Gasteiger partial charge on any atom is -0.327 e. The predicted molar refractivity (Wildman–Crippen MR) is 82.5 cm³/mol. The quantitative estimate of drug-likeness (QED) is 0.876. The van der Waals surface area contributed by atoms with Gasteiger partial charge >= 0.3 is 0 Å². The molecule has 4 nitrogen and oxygen atoms in total. The zero-order valence-corrected chi connectivity index (χ0v) is 12.5. The van der Waals surface area contributed by atoms with Gasteiger partial charge in [-0.05, 0) is 38.4 Å². The number of likely N-dealkylation sites (tertiary alicyclic amines) is 1. The molecule has 0 aliphatic carbocycles. The van der Waals surface area contributed by atoms with Gasteiger partial charge in [0.05, 0.1) is 5.69 Å². The van der Waals surface area contributed by atoms with Gasteiger partial charge in [-0.15, -0.1) is 0 Å². The van der Waals surface area contributed by atoms with Crippen molar-refractivity contribution in [1.82, 2.24) is 4.90 Å². The number of benzene rings is 1. The molecule has 1 aliphatic rings. The Hall–Kier alpha value is -1.46. The number of nitrogens with zero attached hydrogens (tertiary/aromatic N) is 1. The fourth-order valence-corrected chi connectivity index (χ4v) is 2.91. The van der Waals surface area contributed by atoms with Gasteiger partial charge in [0.2, 0.25) is 5.91 Å². The first-order valence-electron chi connectivity index (χ1n) is 7.62. The molecular formula is C16H24FN3O. The number of carbonyl (C=O) groups excluding carboxylic acids is 1. The molecule has 1 saturated heterocycles. The lowest BCUT2D eigenvalue weighted by Crippen LogP contribution is -2.49. The Labute approximate surface area is 125 Å². The van der Waals surface area contributed by atoms with Crippen LogP contribution in [0.3, 0.4) is 0 Å². The maximum atomic E-state index is 13.5. The van der Waals surface area contributed by atoms with E-state index in [9.17, 15) is 9.18 Å². The number of nitrogens with one attached hydrogen (secondary N) is 1. The van der Waals surface area contributed by atoms with Crippen LogP contribution in [-0.4, -0.2) is 36.0 Å². The molecule has 0 bridgehead atoms. The van der Waals surface area contributed by atoms with Gasteiger partial charge in [-0.25, -0.2) is 4.39 Å². The van der Waals surface area contributed by atoms with E-state index in [-0.39, 0.29) is 17.6 Å². The number of nitrogens with two attached hydrogens (primary N) is 1. The van der Waals surface area contributed by atoms with Crippen molar-refractivity contribution >= 4 is 11.6 Å². The summed E-state index contributed by atoms with van der Waals surface area (Å²) in [4.78, 5) is 14.2. The van der Waals surface area contributed by atoms with E-state index in [0.29, 0.717) is 19.0 Å². The van der Waals surface area contributed by atoms with Crippen molar-refractivity contribution in [1.29, 1.82) is 0 Å². The van der Waals surface area contributed by atoms with Crippen LogP contribution in [0.1, 0.15) is 32.6 Å². The second-order valence-corrected chi connectivity index (χ2v) is 5.74. The normalized spacial score (nSPS) is 21.0. The highest BCUT2D eigenvalue weighted by molar-refractivity contribution is 5.90. The Morgan fingerprint density at radius 2 is 2.24 bits per heavy atom. The molecule has 2 atom stereocenters. The number of halogens is 1. The third kappa shape index (κ3) is 4.51. The van der Waals surface area contributed by atoms with Gasteiger partial charge in [0, 0.05) is 25.0 Å². The first kappa shape index (κ1) is 15.9. The molecule has 21 heavy (non-hydrogen) atoms. The lowest BCUT2D eigenvalue weighted by Gasteiger charge is -2.37. The van der Waals surface area contributed by atoms with Crippen LogP contribution in [0.5, 0.6) is 0 Å². The molecule has 1 aromatic carbocycles. The number of amides is 1. The van der Waals surface area contributed by atoms with Crippen LogP contribution in [-0.2, 0) is 4.79 Å². The fraction of sp³-hybridized carbons (Fsp3) is 0.562. The van der Waals surface area contributed by atoms with Crippen molar-refractivity contribution < 1.29 is 9.18 Å². The largest absolute Gasteiger partial charge is 0.327 e. The Kier molecular flexibility index (Phi) is 5.70. The topological polar surface area (TPSA) is 58.4 Å². The standard InChI is InChI=1S/C16H24FN3O/c1-12(18)15-8-4-5-10-20(15)11-9-16(21)19-14-7-3-2-6-13(14)17/h2-3,6-7,12,15H,4-5,8-11,18H2,1H3,(H,19,21). The fourth-order valence-electron chi connectivity index (χ4n) is 2.91. The number of anilines is 1. The summed E-state index contributed by atoms with van der Waals surface area (Å²) in [6.45, 7) is 3.67. The highest BCUT2D eigenvalue weighted by Crippen LogP contribution is 2.19. The Morgan fingerprint density at radius 1 is 1.48 bits per heavy atom. The second kappa shape index (κ2) is 7.52. The molecule has 2 rings (SSSR count). The van der Waals surface area contributed by atoms with Crippen molar-refractivity contribution in [3.63, 3.8) is 0 Å². The van der Waals surface area contributed by atoms with Gasteiger partial charge in [0.25, 0.3) is 0 Å². The van der Waals surface area contributed by atoms with E-state index in [1.807, 2.05) is 6.92 Å². The number of rotatable bonds is 5. The number of para-hydroxylation sites is 1. The van der Waals surface area contributed by atoms with E-state index in [0.717, 1.165) is 19.4 Å². The van der Waals surface area contributed by atoms with Crippen molar-refractivity contribution in [2.45, 2.75) is 44.7 Å². The minimum atomic E-state index is -0.405. The second-order valence-electron chi connectivity index (χ2n) is 5.74. The molecule has 0 radical (unpaired) electrons. The van der Waals surface area contributed by atoms with Gasteiger partial charge < -0.3 is 11.1 Å². The predicted octanol–water partition coefficient (Wildman–Crippen LogP) is 2.36. The monoisotopic (exact) mass is 293 g/mol. The van der Waals surface area contributed by atoms with Crippen LogP contribution < -0.4 is 11.1 Å². The minimum absolute atomic E-state index is 0.111. The van der Waals surface area contributed by atoms with Crippen molar-refractivity contribution in [2.75, 3.05) is 18.4 Å². The van der Waals surface area contributed by atoms with Gasteiger partial charge in [0.1, 0.15) is 5.82 Å². The van der Waals surface area contributed by atoms with Crippen molar-refractivity contribution in [2.24, 2.45) is 5.73 Å². The van der Waals surface area contributed by atoms with E-state index in [1.54, 1.807) is 18.2 Å². The van der Waals surface area contributed by atoms with Crippen molar-refractivity contribution in [3.05, 3.63) is 30.1 Å². The molecule has 1 fully saturated rings. The molecule has 1 heterocycles. The molecule has 0 aromatic heterocycles. The summed E-state index contributed by atoms with van der Waals surface area (Å²) in [5, 5.41) is 2.62. The average Bonchev–Trinajstić information content (AvgIpc) is 2.48. The first-order valence-corrected chi connectivity index (χ1v) is 7.62. The summed E-state index contributed by atoms with van der Waals surface area (Å²) in [6, 6.07) is 6.67. The molecule has 1 aliphatic heterocycles. The Bertz CT molecular complexity index is 478. The third-order valence-corrected chi connectivity index (χ3v) is 4.05. The zero-order chi connectivity index (χ0) is 15.2. The molecule has 1 aromatic rings. The van der Waals surface area contributed by atoms with Crippen LogP contribution in [0, 0.1) is 5.82 Å². The average molecular weight is 293 g/mol. The molecule has 116 valence electrons. The van der Waals surface area contributed by atoms with Gasteiger partial charge in [-0.2, -0.15) is 0 Å².